The van der Waals surface area contributed by atoms with Crippen LogP contribution in [0, 0.1) is 0 Å². The molecule has 7 heteroatoms. The van der Waals surface area contributed by atoms with E-state index >= 15 is 0 Å². The maximum Gasteiger partial charge on any atom is 0.177 e. The van der Waals surface area contributed by atoms with Crippen molar-refractivity contribution >= 4 is 46.0 Å². The summed E-state index contributed by atoms with van der Waals surface area (Å²) < 4.78 is 0. The SMILES string of the molecule is CC(C)N1CCN(c2ccc(NC(=S)NC(N)=S)cc2)CC1. The van der Waals surface area contributed by atoms with E-state index in [1.165, 1.54) is 5.69 Å². The summed E-state index contributed by atoms with van der Waals surface area (Å²) >= 11 is 9.85. The number of piperazine rings is 1. The zero-order chi connectivity index (χ0) is 16.1. The van der Waals surface area contributed by atoms with E-state index in [1.54, 1.807) is 0 Å². The van der Waals surface area contributed by atoms with Crippen molar-refractivity contribution in [2.45, 2.75) is 19.9 Å². The molecular formula is C15H23N5S2. The molecule has 1 aromatic rings. The predicted molar refractivity (Wildman–Crippen MR) is 102 cm³/mol. The molecule has 1 heterocycles. The second-order valence-corrected chi connectivity index (χ2v) is 6.46. The lowest BCUT2D eigenvalue weighted by molar-refractivity contribution is 0.209. The van der Waals surface area contributed by atoms with E-state index in [4.69, 9.17) is 30.2 Å². The highest BCUT2D eigenvalue weighted by Crippen LogP contribution is 2.20. The lowest BCUT2D eigenvalue weighted by Crippen LogP contribution is -2.48. The monoisotopic (exact) mass is 337 g/mol. The van der Waals surface area contributed by atoms with Crippen LogP contribution in [0.2, 0.25) is 0 Å². The van der Waals surface area contributed by atoms with Crippen molar-refractivity contribution < 1.29 is 0 Å². The maximum atomic E-state index is 5.38. The fourth-order valence-electron chi connectivity index (χ4n) is 2.53. The molecule has 5 nitrogen and oxygen atoms in total. The largest absolute Gasteiger partial charge is 0.376 e. The average Bonchev–Trinajstić information content (AvgIpc) is 2.47. The summed E-state index contributed by atoms with van der Waals surface area (Å²) in [6.45, 7) is 8.85. The Morgan fingerprint density at radius 1 is 1.09 bits per heavy atom. The van der Waals surface area contributed by atoms with Gasteiger partial charge < -0.3 is 21.3 Å². The molecule has 1 aliphatic heterocycles. The summed E-state index contributed by atoms with van der Waals surface area (Å²) in [7, 11) is 0. The molecule has 0 aliphatic carbocycles. The summed E-state index contributed by atoms with van der Waals surface area (Å²) in [6, 6.07) is 8.86. The predicted octanol–water partition coefficient (Wildman–Crippen LogP) is 1.75. The van der Waals surface area contributed by atoms with E-state index in [-0.39, 0.29) is 5.11 Å². The van der Waals surface area contributed by atoms with Crippen molar-refractivity contribution in [2.75, 3.05) is 36.4 Å². The van der Waals surface area contributed by atoms with Gasteiger partial charge in [0.05, 0.1) is 0 Å². The molecule has 2 rings (SSSR count). The van der Waals surface area contributed by atoms with Crippen molar-refractivity contribution in [3.05, 3.63) is 24.3 Å². The molecule has 0 unspecified atom stereocenters. The van der Waals surface area contributed by atoms with Gasteiger partial charge in [0.25, 0.3) is 0 Å². The topological polar surface area (TPSA) is 56.6 Å². The van der Waals surface area contributed by atoms with Gasteiger partial charge in [-0.15, -0.1) is 0 Å². The summed E-state index contributed by atoms with van der Waals surface area (Å²) in [5.74, 6) is 0. The van der Waals surface area contributed by atoms with Gasteiger partial charge in [-0.25, -0.2) is 0 Å². The first-order valence-corrected chi connectivity index (χ1v) is 8.24. The van der Waals surface area contributed by atoms with Gasteiger partial charge in [0.15, 0.2) is 10.2 Å². The van der Waals surface area contributed by atoms with Crippen LogP contribution in [0.15, 0.2) is 24.3 Å². The number of thiocarbonyl (C=S) groups is 2. The molecule has 0 amide bonds. The highest BCUT2D eigenvalue weighted by atomic mass is 32.1. The van der Waals surface area contributed by atoms with E-state index in [0.29, 0.717) is 11.2 Å². The normalized spacial score (nSPS) is 15.7. The van der Waals surface area contributed by atoms with Gasteiger partial charge >= 0.3 is 0 Å². The van der Waals surface area contributed by atoms with Crippen LogP contribution in [0.3, 0.4) is 0 Å². The third-order valence-corrected chi connectivity index (χ3v) is 4.08. The molecule has 0 saturated carbocycles. The number of nitrogens with two attached hydrogens (primary N) is 1. The van der Waals surface area contributed by atoms with Crippen LogP contribution < -0.4 is 21.3 Å². The van der Waals surface area contributed by atoms with Crippen LogP contribution in [0.5, 0.6) is 0 Å². The minimum atomic E-state index is 0.164. The highest BCUT2D eigenvalue weighted by molar-refractivity contribution is 7.82. The van der Waals surface area contributed by atoms with Crippen LogP contribution in [0.4, 0.5) is 11.4 Å². The molecule has 1 saturated heterocycles. The number of nitrogens with one attached hydrogen (secondary N) is 2. The first-order valence-electron chi connectivity index (χ1n) is 7.42. The Kier molecular flexibility index (Phi) is 5.93. The second-order valence-electron chi connectivity index (χ2n) is 5.61. The van der Waals surface area contributed by atoms with Crippen molar-refractivity contribution in [1.29, 1.82) is 0 Å². The molecule has 0 spiro atoms. The smallest absolute Gasteiger partial charge is 0.177 e. The van der Waals surface area contributed by atoms with E-state index in [1.807, 2.05) is 12.1 Å². The summed E-state index contributed by atoms with van der Waals surface area (Å²) in [4.78, 5) is 4.92. The molecule has 0 bridgehead atoms. The molecule has 1 aromatic carbocycles. The maximum absolute atomic E-state index is 5.38. The van der Waals surface area contributed by atoms with Crippen LogP contribution in [0.1, 0.15) is 13.8 Å². The Morgan fingerprint density at radius 2 is 1.68 bits per heavy atom. The Labute approximate surface area is 142 Å². The fourth-order valence-corrected chi connectivity index (χ4v) is 2.92. The zero-order valence-electron chi connectivity index (χ0n) is 13.0. The number of anilines is 2. The average molecular weight is 338 g/mol. The third-order valence-electron chi connectivity index (χ3n) is 3.77. The number of rotatable bonds is 3. The van der Waals surface area contributed by atoms with E-state index in [2.05, 4.69) is 46.4 Å². The number of hydrogen-bond acceptors (Lipinski definition) is 4. The zero-order valence-corrected chi connectivity index (χ0v) is 14.6. The Balaban J connectivity index is 1.90. The van der Waals surface area contributed by atoms with Gasteiger partial charge in [-0.3, -0.25) is 4.90 Å². The molecule has 4 N–H and O–H groups in total. The van der Waals surface area contributed by atoms with Gasteiger partial charge in [0.1, 0.15) is 0 Å². The molecule has 120 valence electrons. The second kappa shape index (κ2) is 7.71. The Hall–Kier alpha value is -1.44. The van der Waals surface area contributed by atoms with E-state index < -0.39 is 0 Å². The summed E-state index contributed by atoms with van der Waals surface area (Å²) in [5, 5.41) is 6.32. The Morgan fingerprint density at radius 3 is 2.18 bits per heavy atom. The molecule has 1 aliphatic rings. The molecule has 0 radical (unpaired) electrons. The molecule has 0 atom stereocenters. The number of nitrogens with zero attached hydrogens (tertiary/aromatic N) is 2. The molecule has 0 aromatic heterocycles. The molecular weight excluding hydrogens is 314 g/mol. The first-order chi connectivity index (χ1) is 10.5. The summed E-state index contributed by atoms with van der Waals surface area (Å²) in [5.41, 5.74) is 7.54. The van der Waals surface area contributed by atoms with Crippen LogP contribution in [-0.4, -0.2) is 47.3 Å². The van der Waals surface area contributed by atoms with Gasteiger partial charge in [0.2, 0.25) is 0 Å². The Bertz CT molecular complexity index is 521. The van der Waals surface area contributed by atoms with Gasteiger partial charge in [-0.05, 0) is 62.5 Å². The highest BCUT2D eigenvalue weighted by Gasteiger charge is 2.18. The van der Waals surface area contributed by atoms with Crippen LogP contribution >= 0.6 is 24.4 Å². The van der Waals surface area contributed by atoms with Gasteiger partial charge in [-0.2, -0.15) is 0 Å². The van der Waals surface area contributed by atoms with Crippen LogP contribution in [0.25, 0.3) is 0 Å². The summed E-state index contributed by atoms with van der Waals surface area (Å²) in [6.07, 6.45) is 0. The lowest BCUT2D eigenvalue weighted by atomic mass is 10.2. The number of hydrogen-bond donors (Lipinski definition) is 3. The van der Waals surface area contributed by atoms with Crippen molar-refractivity contribution in [1.82, 2.24) is 10.2 Å². The van der Waals surface area contributed by atoms with Gasteiger partial charge in [-0.1, -0.05) is 0 Å². The lowest BCUT2D eigenvalue weighted by Gasteiger charge is -2.38. The standard InChI is InChI=1S/C15H23N5S2/c1-11(2)19-7-9-20(10-8-19)13-5-3-12(4-6-13)17-15(22)18-14(16)21/h3-6,11H,7-10H2,1-2H3,(H4,16,17,18,21,22). The van der Waals surface area contributed by atoms with Crippen molar-refractivity contribution in [2.24, 2.45) is 5.73 Å². The van der Waals surface area contributed by atoms with Crippen molar-refractivity contribution in [3.63, 3.8) is 0 Å². The number of benzene rings is 1. The van der Waals surface area contributed by atoms with Gasteiger partial charge in [0, 0.05) is 43.6 Å². The van der Waals surface area contributed by atoms with Crippen molar-refractivity contribution in [3.8, 4) is 0 Å². The van der Waals surface area contributed by atoms with Crippen LogP contribution in [-0.2, 0) is 0 Å². The third kappa shape index (κ3) is 4.79. The first kappa shape index (κ1) is 16.9. The van der Waals surface area contributed by atoms with E-state index in [9.17, 15) is 0 Å². The fraction of sp³-hybridized carbons (Fsp3) is 0.467. The van der Waals surface area contributed by atoms with E-state index in [0.717, 1.165) is 31.9 Å². The molecule has 22 heavy (non-hydrogen) atoms. The minimum Gasteiger partial charge on any atom is -0.376 e. The minimum absolute atomic E-state index is 0.164. The quantitative estimate of drug-likeness (QED) is 0.727. The molecule has 1 fully saturated rings.